The smallest absolute Gasteiger partial charge is 0.446 e. The molecule has 0 aromatic rings. The summed E-state index contributed by atoms with van der Waals surface area (Å²) in [6.07, 6.45) is -0.563. The molecule has 0 saturated carbocycles. The molecule has 12 heavy (non-hydrogen) atoms. The number of hydrogen-bond donors (Lipinski definition) is 0. The van der Waals surface area contributed by atoms with Gasteiger partial charge in [-0.2, -0.15) is 11.5 Å². The van der Waals surface area contributed by atoms with Gasteiger partial charge in [0.15, 0.2) is 0 Å². The van der Waals surface area contributed by atoms with Gasteiger partial charge in [0, 0.05) is 5.01 Å². The third-order valence-corrected chi connectivity index (χ3v) is 1.38. The summed E-state index contributed by atoms with van der Waals surface area (Å²) in [6.45, 7) is 9.61. The molecule has 5 heteroatoms. The van der Waals surface area contributed by atoms with E-state index in [1.807, 2.05) is 0 Å². The highest BCUT2D eigenvalue weighted by molar-refractivity contribution is 5.68. The summed E-state index contributed by atoms with van der Waals surface area (Å²) in [6, 6.07) is 0. The molecule has 0 N–H and O–H groups in total. The van der Waals surface area contributed by atoms with E-state index in [0.29, 0.717) is 13.2 Å². The number of ether oxygens (including phenoxy) is 2. The Labute approximate surface area is 70.6 Å². The lowest BCUT2D eigenvalue weighted by molar-refractivity contribution is 0.119. The van der Waals surface area contributed by atoms with Gasteiger partial charge in [0.25, 0.3) is 0 Å². The molecule has 1 aliphatic rings. The van der Waals surface area contributed by atoms with E-state index in [2.05, 4.69) is 9.69 Å². The lowest BCUT2D eigenvalue weighted by Gasteiger charge is -2.05. The van der Waals surface area contributed by atoms with Crippen molar-refractivity contribution in [3.8, 4) is 0 Å². The number of carbonyl (C=O) groups is 1. The van der Waals surface area contributed by atoms with Crippen molar-refractivity contribution in [3.63, 3.8) is 0 Å². The second kappa shape index (κ2) is 3.93. The van der Waals surface area contributed by atoms with Crippen molar-refractivity contribution in [1.29, 1.82) is 0 Å². The zero-order valence-corrected chi connectivity index (χ0v) is 6.82. The monoisotopic (exact) mass is 170 g/mol. The summed E-state index contributed by atoms with van der Waals surface area (Å²) in [5, 5.41) is 0.946. The van der Waals surface area contributed by atoms with Crippen molar-refractivity contribution < 1.29 is 14.3 Å². The molecule has 1 aliphatic heterocycles. The Balaban J connectivity index is 2.32. The second-order valence-electron chi connectivity index (χ2n) is 2.34. The maximum atomic E-state index is 11.0. The first-order chi connectivity index (χ1) is 5.77. The third-order valence-electron chi connectivity index (χ3n) is 1.38. The van der Waals surface area contributed by atoms with Crippen molar-refractivity contribution in [1.82, 2.24) is 5.01 Å². The first kappa shape index (κ1) is 8.81. The fourth-order valence-corrected chi connectivity index (χ4v) is 0.721. The van der Waals surface area contributed by atoms with Gasteiger partial charge in [0.2, 0.25) is 0 Å². The Morgan fingerprint density at radius 1 is 1.92 bits per heavy atom. The molecule has 5 nitrogen and oxygen atoms in total. The lowest BCUT2D eigenvalue weighted by Crippen LogP contribution is -2.28. The summed E-state index contributed by atoms with van der Waals surface area (Å²) in [7, 11) is 0. The highest BCUT2D eigenvalue weighted by atomic mass is 16.6. The average molecular weight is 170 g/mol. The van der Waals surface area contributed by atoms with Crippen LogP contribution in [0.2, 0.25) is 0 Å². The molecule has 66 valence electrons. The largest absolute Gasteiger partial charge is 0.474 e. The van der Waals surface area contributed by atoms with Crippen LogP contribution in [0.15, 0.2) is 0 Å². The van der Waals surface area contributed by atoms with E-state index in [1.54, 1.807) is 6.92 Å². The van der Waals surface area contributed by atoms with Crippen LogP contribution in [0, 0.1) is 6.57 Å². The van der Waals surface area contributed by atoms with Crippen molar-refractivity contribution in [2.24, 2.45) is 0 Å². The van der Waals surface area contributed by atoms with Crippen molar-refractivity contribution in [2.45, 2.75) is 13.0 Å². The fraction of sp³-hybridized carbons (Fsp3) is 0.714. The van der Waals surface area contributed by atoms with Crippen LogP contribution in [-0.4, -0.2) is 37.0 Å². The van der Waals surface area contributed by atoms with E-state index in [4.69, 9.17) is 11.3 Å². The zero-order valence-electron chi connectivity index (χ0n) is 6.82. The highest BCUT2D eigenvalue weighted by Gasteiger charge is 2.32. The van der Waals surface area contributed by atoms with Crippen molar-refractivity contribution in [2.75, 3.05) is 19.8 Å². The molecular formula is C7H10N2O3. The topological polar surface area (TPSA) is 46.4 Å². The van der Waals surface area contributed by atoms with Gasteiger partial charge in [0.1, 0.15) is 12.6 Å². The van der Waals surface area contributed by atoms with Gasteiger partial charge >= 0.3 is 6.09 Å². The molecule has 1 saturated heterocycles. The molecule has 0 aliphatic carbocycles. The number of carbonyl (C=O) groups excluding carboxylic acids is 1. The zero-order chi connectivity index (χ0) is 8.97. The van der Waals surface area contributed by atoms with Crippen molar-refractivity contribution >= 4 is 6.09 Å². The average Bonchev–Trinajstić information content (AvgIpc) is 2.84. The van der Waals surface area contributed by atoms with Crippen LogP contribution in [-0.2, 0) is 9.47 Å². The van der Waals surface area contributed by atoms with E-state index in [0.717, 1.165) is 5.01 Å². The summed E-state index contributed by atoms with van der Waals surface area (Å²) in [5.41, 5.74) is 0. The quantitative estimate of drug-likeness (QED) is 0.355. The van der Waals surface area contributed by atoms with Gasteiger partial charge in [-0.3, -0.25) is 0 Å². The Morgan fingerprint density at radius 2 is 2.58 bits per heavy atom. The molecule has 1 amide bonds. The van der Waals surface area contributed by atoms with E-state index in [-0.39, 0.29) is 12.7 Å². The number of epoxide rings is 1. The van der Waals surface area contributed by atoms with E-state index in [9.17, 15) is 4.79 Å². The van der Waals surface area contributed by atoms with E-state index >= 15 is 0 Å². The number of hydrogen-bond acceptors (Lipinski definition) is 3. The molecule has 1 heterocycles. The second-order valence-corrected chi connectivity index (χ2v) is 2.34. The first-order valence-electron chi connectivity index (χ1n) is 3.71. The third kappa shape index (κ3) is 2.40. The van der Waals surface area contributed by atoms with Crippen LogP contribution in [0.5, 0.6) is 0 Å². The van der Waals surface area contributed by atoms with Crippen LogP contribution < -0.4 is 0 Å². The molecule has 0 aromatic carbocycles. The first-order valence-corrected chi connectivity index (χ1v) is 3.71. The minimum atomic E-state index is -0.594. The normalized spacial score (nSPS) is 19.5. The summed E-state index contributed by atoms with van der Waals surface area (Å²) < 4.78 is 9.52. The van der Waals surface area contributed by atoms with Crippen LogP contribution in [0.25, 0.3) is 4.95 Å². The molecule has 1 unspecified atom stereocenters. The van der Waals surface area contributed by atoms with Gasteiger partial charge < -0.3 is 9.47 Å². The number of nitrogens with zero attached hydrogens (tertiary/aromatic N) is 2. The molecule has 1 fully saturated rings. The summed E-state index contributed by atoms with van der Waals surface area (Å²) in [5.74, 6) is 0. The van der Waals surface area contributed by atoms with Gasteiger partial charge in [-0.05, 0) is 6.92 Å². The Kier molecular flexibility index (Phi) is 2.88. The van der Waals surface area contributed by atoms with Crippen LogP contribution in [0.4, 0.5) is 4.79 Å². The molecular weight excluding hydrogens is 160 g/mol. The summed E-state index contributed by atoms with van der Waals surface area (Å²) in [4.78, 5) is 14.0. The van der Waals surface area contributed by atoms with Gasteiger partial charge in [-0.25, -0.2) is 4.79 Å². The van der Waals surface area contributed by atoms with Gasteiger partial charge in [-0.15, -0.1) is 0 Å². The number of amides is 1. The molecule has 0 bridgehead atoms. The molecule has 0 radical (unpaired) electrons. The van der Waals surface area contributed by atoms with Crippen LogP contribution in [0.1, 0.15) is 6.92 Å². The van der Waals surface area contributed by atoms with Gasteiger partial charge in [-0.1, -0.05) is 0 Å². The lowest BCUT2D eigenvalue weighted by atomic mass is 10.5. The molecule has 1 rings (SSSR count). The van der Waals surface area contributed by atoms with Crippen LogP contribution in [0.3, 0.4) is 0 Å². The maximum Gasteiger partial charge on any atom is 0.474 e. The van der Waals surface area contributed by atoms with Crippen LogP contribution >= 0.6 is 0 Å². The highest BCUT2D eigenvalue weighted by Crippen LogP contribution is 2.11. The predicted octanol–water partition coefficient (Wildman–Crippen LogP) is 0.678. The molecule has 0 spiro atoms. The minimum Gasteiger partial charge on any atom is -0.446 e. The molecule has 0 aromatic heterocycles. The Hall–Kier alpha value is -1.28. The molecule has 1 atom stereocenters. The van der Waals surface area contributed by atoms with E-state index in [1.165, 1.54) is 0 Å². The van der Waals surface area contributed by atoms with Gasteiger partial charge in [0.05, 0.1) is 13.2 Å². The fourth-order valence-electron chi connectivity index (χ4n) is 0.721. The summed E-state index contributed by atoms with van der Waals surface area (Å²) >= 11 is 0. The Bertz CT molecular complexity index is 207. The maximum absolute atomic E-state index is 11.0. The standard InChI is InChI=1S/C7H10N2O3/c1-3-11-7(10)9(8-2)4-6-5-12-6/h6H,3-5H2,1H3. The van der Waals surface area contributed by atoms with Crippen molar-refractivity contribution in [3.05, 3.63) is 11.5 Å². The number of rotatable bonds is 3. The Morgan fingerprint density at radius 3 is 3.00 bits per heavy atom. The SMILES string of the molecule is [C-]#[N+]N(CC1CO1)C(=O)OCC. The predicted molar refractivity (Wildman–Crippen MR) is 40.1 cm³/mol. The van der Waals surface area contributed by atoms with E-state index < -0.39 is 6.09 Å². The minimum absolute atomic E-state index is 0.0310.